The summed E-state index contributed by atoms with van der Waals surface area (Å²) in [6.07, 6.45) is 12.5. The Labute approximate surface area is 104 Å². The van der Waals surface area contributed by atoms with Crippen LogP contribution in [-0.2, 0) is 9.05 Å². The zero-order valence-electron chi connectivity index (χ0n) is 10.3. The second-order valence-corrected chi connectivity index (χ2v) is 5.76. The average Bonchev–Trinajstić information content (AvgIpc) is 2.29. The lowest BCUT2D eigenvalue weighted by atomic mass is 10.5. The fourth-order valence-electron chi connectivity index (χ4n) is 0.641. The maximum absolute atomic E-state index is 5.50. The molecule has 0 aromatic rings. The van der Waals surface area contributed by atoms with E-state index in [-0.39, 0.29) is 0 Å². The van der Waals surface area contributed by atoms with Crippen LogP contribution in [-0.4, -0.2) is 0 Å². The molecule has 0 bridgehead atoms. The maximum atomic E-state index is 5.50. The van der Waals surface area contributed by atoms with Gasteiger partial charge in [0.2, 0.25) is 0 Å². The highest BCUT2D eigenvalue weighted by atomic mass is 32.7. The lowest BCUT2D eigenvalue weighted by Crippen LogP contribution is -1.74. The van der Waals surface area contributed by atoms with E-state index in [9.17, 15) is 0 Å². The molecule has 0 saturated carbocycles. The van der Waals surface area contributed by atoms with Crippen LogP contribution < -0.4 is 0 Å². The normalized spacial score (nSPS) is 13.9. The van der Waals surface area contributed by atoms with Gasteiger partial charge in [-0.2, -0.15) is 0 Å². The van der Waals surface area contributed by atoms with Crippen molar-refractivity contribution in [2.75, 3.05) is 0 Å². The Bertz CT molecular complexity index is 189. The van der Waals surface area contributed by atoms with Gasteiger partial charge in [0.05, 0.1) is 12.5 Å². The Hall–Kier alpha value is -0.400. The molecule has 0 rings (SSSR count). The highest BCUT2D eigenvalue weighted by Gasteiger charge is 2.08. The zero-order chi connectivity index (χ0) is 12.1. The third kappa shape index (κ3) is 10.1. The summed E-state index contributed by atoms with van der Waals surface area (Å²) in [6.45, 7) is 6.25. The molecule has 0 heterocycles. The summed E-state index contributed by atoms with van der Waals surface area (Å²) in [5.74, 6) is 0. The van der Waals surface area contributed by atoms with Crippen molar-refractivity contribution < 1.29 is 9.05 Å². The van der Waals surface area contributed by atoms with Gasteiger partial charge in [-0.15, -0.1) is 0 Å². The van der Waals surface area contributed by atoms with E-state index in [1.807, 2.05) is 17.6 Å². The van der Waals surface area contributed by atoms with Crippen molar-refractivity contribution in [1.29, 1.82) is 0 Å². The lowest BCUT2D eigenvalue weighted by molar-refractivity contribution is 0.424. The molecule has 0 fully saturated rings. The topological polar surface area (TPSA) is 18.5 Å². The van der Waals surface area contributed by atoms with Gasteiger partial charge in [0.25, 0.3) is 0 Å². The first-order valence-corrected chi connectivity index (χ1v) is 8.26. The second kappa shape index (κ2) is 12.7. The van der Waals surface area contributed by atoms with Gasteiger partial charge in [0.1, 0.15) is 0 Å². The molecular formula is C12H21O2PS. The first-order valence-electron chi connectivity index (χ1n) is 5.60. The Balaban J connectivity index is 3.99. The Kier molecular flexibility index (Phi) is 12.4. The van der Waals surface area contributed by atoms with Gasteiger partial charge >= 0.3 is 7.58 Å². The molecule has 0 saturated heterocycles. The van der Waals surface area contributed by atoms with Gasteiger partial charge in [-0.1, -0.05) is 26.8 Å². The minimum atomic E-state index is -0.939. The third-order valence-corrected chi connectivity index (χ3v) is 3.91. The Morgan fingerprint density at radius 1 is 0.875 bits per heavy atom. The van der Waals surface area contributed by atoms with Crippen LogP contribution in [0.5, 0.6) is 0 Å². The molecule has 0 radical (unpaired) electrons. The van der Waals surface area contributed by atoms with E-state index in [1.165, 1.54) is 0 Å². The summed E-state index contributed by atoms with van der Waals surface area (Å²) < 4.78 is 11.0. The number of hydrogen-bond acceptors (Lipinski definition) is 3. The van der Waals surface area contributed by atoms with Gasteiger partial charge in [-0.3, -0.25) is 0 Å². The van der Waals surface area contributed by atoms with Crippen molar-refractivity contribution in [1.82, 2.24) is 0 Å². The van der Waals surface area contributed by atoms with Crippen molar-refractivity contribution >= 4 is 19.0 Å². The molecule has 0 aliphatic carbocycles. The molecule has 0 aromatic carbocycles. The summed E-state index contributed by atoms with van der Waals surface area (Å²) >= 11 is 1.58. The van der Waals surface area contributed by atoms with Crippen LogP contribution in [0.25, 0.3) is 0 Å². The third-order valence-electron chi connectivity index (χ3n) is 1.44. The highest BCUT2D eigenvalue weighted by Crippen LogP contribution is 2.53. The molecule has 2 nitrogen and oxygen atoms in total. The summed E-state index contributed by atoms with van der Waals surface area (Å²) in [5.41, 5.74) is 0. The molecule has 0 amide bonds. The van der Waals surface area contributed by atoms with E-state index in [0.29, 0.717) is 0 Å². The van der Waals surface area contributed by atoms with E-state index < -0.39 is 7.58 Å². The molecule has 0 N–H and O–H groups in total. The molecular weight excluding hydrogens is 239 g/mol. The molecule has 0 spiro atoms. The van der Waals surface area contributed by atoms with Gasteiger partial charge < -0.3 is 9.05 Å². The second-order valence-electron chi connectivity index (χ2n) is 2.88. The summed E-state index contributed by atoms with van der Waals surface area (Å²) in [4.78, 5) is 0. The van der Waals surface area contributed by atoms with Crippen LogP contribution in [0.2, 0.25) is 0 Å². The Morgan fingerprint density at radius 2 is 1.38 bits per heavy atom. The number of rotatable bonds is 9. The van der Waals surface area contributed by atoms with Crippen molar-refractivity contribution in [3.05, 3.63) is 36.2 Å². The molecule has 0 atom stereocenters. The largest absolute Gasteiger partial charge is 0.439 e. The minimum absolute atomic E-state index is 0.939. The van der Waals surface area contributed by atoms with Crippen molar-refractivity contribution in [3.8, 4) is 0 Å². The highest BCUT2D eigenvalue weighted by molar-refractivity contribution is 8.54. The standard InChI is InChI=1S/C12H21O2PS/c1-4-7-10-13-15(14-11-8-5-2)16-12-9-6-3/h7-12H,4-6H2,1-3H3. The van der Waals surface area contributed by atoms with Crippen molar-refractivity contribution in [2.24, 2.45) is 0 Å². The van der Waals surface area contributed by atoms with E-state index in [2.05, 4.69) is 26.8 Å². The van der Waals surface area contributed by atoms with Gasteiger partial charge in [-0.25, -0.2) is 0 Å². The van der Waals surface area contributed by atoms with Crippen LogP contribution in [0, 0.1) is 0 Å². The predicted molar refractivity (Wildman–Crippen MR) is 75.0 cm³/mol. The zero-order valence-corrected chi connectivity index (χ0v) is 12.0. The van der Waals surface area contributed by atoms with Gasteiger partial charge in [-0.05, 0) is 48.2 Å². The molecule has 0 unspecified atom stereocenters. The molecule has 0 aromatic heterocycles. The monoisotopic (exact) mass is 260 g/mol. The quantitative estimate of drug-likeness (QED) is 0.388. The summed E-state index contributed by atoms with van der Waals surface area (Å²) in [5, 5.41) is 2.03. The van der Waals surface area contributed by atoms with Crippen molar-refractivity contribution in [2.45, 2.75) is 40.0 Å². The first kappa shape index (κ1) is 15.6. The number of allylic oxidation sites excluding steroid dienone is 3. The van der Waals surface area contributed by atoms with Crippen LogP contribution in [0.3, 0.4) is 0 Å². The van der Waals surface area contributed by atoms with E-state index >= 15 is 0 Å². The summed E-state index contributed by atoms with van der Waals surface area (Å²) in [6, 6.07) is 0. The van der Waals surface area contributed by atoms with Crippen LogP contribution in [0.1, 0.15) is 40.0 Å². The van der Waals surface area contributed by atoms with Crippen molar-refractivity contribution in [3.63, 3.8) is 0 Å². The smallest absolute Gasteiger partial charge is 0.363 e. The molecule has 0 aliphatic heterocycles. The first-order chi connectivity index (χ1) is 7.85. The van der Waals surface area contributed by atoms with Crippen LogP contribution in [0.15, 0.2) is 36.2 Å². The molecule has 0 aliphatic rings. The SMILES string of the molecule is CCC=COP(OC=CCC)SC=CCC. The average molecular weight is 260 g/mol. The fourth-order valence-corrected chi connectivity index (χ4v) is 2.69. The summed E-state index contributed by atoms with van der Waals surface area (Å²) in [7, 11) is -0.939. The minimum Gasteiger partial charge on any atom is -0.439 e. The van der Waals surface area contributed by atoms with Crippen LogP contribution >= 0.6 is 19.0 Å². The lowest BCUT2D eigenvalue weighted by Gasteiger charge is -2.10. The van der Waals surface area contributed by atoms with E-state index in [0.717, 1.165) is 19.3 Å². The molecule has 16 heavy (non-hydrogen) atoms. The van der Waals surface area contributed by atoms with Gasteiger partial charge in [0, 0.05) is 0 Å². The predicted octanol–water partition coefficient (Wildman–Crippen LogP) is 5.75. The number of hydrogen-bond donors (Lipinski definition) is 0. The van der Waals surface area contributed by atoms with E-state index in [4.69, 9.17) is 9.05 Å². The van der Waals surface area contributed by atoms with Gasteiger partial charge in [0.15, 0.2) is 0 Å². The van der Waals surface area contributed by atoms with E-state index in [1.54, 1.807) is 23.9 Å². The molecule has 4 heteroatoms. The fraction of sp³-hybridized carbons (Fsp3) is 0.500. The van der Waals surface area contributed by atoms with Crippen LogP contribution in [0.4, 0.5) is 0 Å². The Morgan fingerprint density at radius 3 is 1.81 bits per heavy atom. The molecule has 92 valence electrons. The maximum Gasteiger partial charge on any atom is 0.363 e.